The summed E-state index contributed by atoms with van der Waals surface area (Å²) in [6.45, 7) is 0. The van der Waals surface area contributed by atoms with E-state index in [1.807, 2.05) is 54.6 Å². The van der Waals surface area contributed by atoms with E-state index in [1.165, 1.54) is 0 Å². The third kappa shape index (κ3) is 4.13. The first-order chi connectivity index (χ1) is 13.8. The van der Waals surface area contributed by atoms with Crippen molar-refractivity contribution in [3.8, 4) is 5.75 Å². The van der Waals surface area contributed by atoms with Crippen LogP contribution in [-0.2, 0) is 10.0 Å². The van der Waals surface area contributed by atoms with Crippen LogP contribution in [0, 0.1) is 0 Å². The molecular formula is C19H18BrN5O3S. The number of anilines is 2. The van der Waals surface area contributed by atoms with Crippen molar-refractivity contribution in [2.75, 3.05) is 23.4 Å². The maximum atomic E-state index is 11.6. The highest BCUT2D eigenvalue weighted by Crippen LogP contribution is 2.37. The van der Waals surface area contributed by atoms with Gasteiger partial charge in [-0.3, -0.25) is 4.72 Å². The number of para-hydroxylation sites is 1. The normalized spacial score (nSPS) is 15.8. The lowest BCUT2D eigenvalue weighted by atomic mass is 10.0. The highest BCUT2D eigenvalue weighted by molar-refractivity contribution is 9.10. The van der Waals surface area contributed by atoms with Crippen LogP contribution in [0.25, 0.3) is 5.70 Å². The van der Waals surface area contributed by atoms with Crippen LogP contribution in [0.4, 0.5) is 11.9 Å². The van der Waals surface area contributed by atoms with E-state index in [2.05, 4.69) is 36.1 Å². The summed E-state index contributed by atoms with van der Waals surface area (Å²) in [6, 6.07) is 15.1. The van der Waals surface area contributed by atoms with E-state index in [1.54, 1.807) is 11.8 Å². The monoisotopic (exact) mass is 475 g/mol. The Labute approximate surface area is 176 Å². The van der Waals surface area contributed by atoms with Crippen LogP contribution in [0.5, 0.6) is 5.75 Å². The average Bonchev–Trinajstić information content (AvgIpc) is 3.08. The average molecular weight is 476 g/mol. The number of methoxy groups -OCH3 is 1. The molecule has 10 heteroatoms. The fourth-order valence-corrected chi connectivity index (χ4v) is 3.81. The summed E-state index contributed by atoms with van der Waals surface area (Å²) < 4.78 is 33.7. The lowest BCUT2D eigenvalue weighted by Crippen LogP contribution is -2.20. The van der Waals surface area contributed by atoms with Gasteiger partial charge < -0.3 is 10.1 Å². The Morgan fingerprint density at radius 2 is 1.90 bits per heavy atom. The van der Waals surface area contributed by atoms with Gasteiger partial charge in [0.2, 0.25) is 16.0 Å². The number of hydrogen-bond donors (Lipinski definition) is 2. The summed E-state index contributed by atoms with van der Waals surface area (Å²) in [4.78, 5) is 4.32. The molecule has 0 bridgehead atoms. The fourth-order valence-electron chi connectivity index (χ4n) is 3.13. The second-order valence-corrected chi connectivity index (χ2v) is 9.14. The molecule has 0 fully saturated rings. The molecule has 29 heavy (non-hydrogen) atoms. The van der Waals surface area contributed by atoms with Gasteiger partial charge in [0.15, 0.2) is 0 Å². The van der Waals surface area contributed by atoms with Gasteiger partial charge in [-0.1, -0.05) is 46.3 Å². The molecule has 0 spiro atoms. The summed E-state index contributed by atoms with van der Waals surface area (Å²) >= 11 is 3.45. The van der Waals surface area contributed by atoms with Crippen LogP contribution < -0.4 is 14.8 Å². The molecule has 2 aromatic carbocycles. The maximum Gasteiger partial charge on any atom is 0.257 e. The molecule has 1 aliphatic rings. The number of ether oxygens (including phenoxy) is 1. The third-order valence-corrected chi connectivity index (χ3v) is 5.44. The summed E-state index contributed by atoms with van der Waals surface area (Å²) in [7, 11) is -1.90. The molecule has 1 atom stereocenters. The molecule has 1 aromatic heterocycles. The van der Waals surface area contributed by atoms with E-state index in [4.69, 9.17) is 4.74 Å². The molecule has 2 heterocycles. The van der Waals surface area contributed by atoms with Crippen LogP contribution in [0.2, 0.25) is 0 Å². The first kappa shape index (κ1) is 19.5. The Morgan fingerprint density at radius 1 is 1.17 bits per heavy atom. The molecule has 4 rings (SSSR count). The Kier molecular flexibility index (Phi) is 5.05. The maximum absolute atomic E-state index is 11.6. The molecule has 0 saturated carbocycles. The zero-order valence-corrected chi connectivity index (χ0v) is 18.0. The van der Waals surface area contributed by atoms with Crippen molar-refractivity contribution in [1.29, 1.82) is 0 Å². The molecular weight excluding hydrogens is 458 g/mol. The number of halogens is 1. The van der Waals surface area contributed by atoms with Crippen LogP contribution in [0.15, 0.2) is 59.1 Å². The van der Waals surface area contributed by atoms with E-state index in [-0.39, 0.29) is 12.0 Å². The standard InChI is InChI=1S/C19H18BrN5O3S/c1-28-17-6-4-3-5-14(17)16-11-15(12-7-9-13(20)10-8-12)21-19-22-18(23-25(16)19)24-29(2,26)27/h3-11,16H,1-2H3,(H2,21,22,23,24)/t16-/m0/s1. The highest BCUT2D eigenvalue weighted by atomic mass is 79.9. The molecule has 2 N–H and O–H groups in total. The van der Waals surface area contributed by atoms with Crippen LogP contribution in [0.3, 0.4) is 0 Å². The van der Waals surface area contributed by atoms with Gasteiger partial charge in [-0.15, -0.1) is 5.10 Å². The number of sulfonamides is 1. The number of allylic oxidation sites excluding steroid dienone is 1. The molecule has 0 unspecified atom stereocenters. The molecule has 150 valence electrons. The molecule has 0 saturated heterocycles. The van der Waals surface area contributed by atoms with Crippen molar-refractivity contribution in [2.45, 2.75) is 6.04 Å². The van der Waals surface area contributed by atoms with Crippen LogP contribution >= 0.6 is 15.9 Å². The predicted molar refractivity (Wildman–Crippen MR) is 115 cm³/mol. The van der Waals surface area contributed by atoms with E-state index < -0.39 is 10.0 Å². The summed E-state index contributed by atoms with van der Waals surface area (Å²) in [5, 5.41) is 7.59. The number of nitrogens with one attached hydrogen (secondary N) is 2. The smallest absolute Gasteiger partial charge is 0.257 e. The Morgan fingerprint density at radius 3 is 2.59 bits per heavy atom. The van der Waals surface area contributed by atoms with Gasteiger partial charge >= 0.3 is 0 Å². The van der Waals surface area contributed by atoms with Crippen molar-refractivity contribution >= 4 is 43.5 Å². The number of fused-ring (bicyclic) bond motifs is 1. The number of nitrogens with zero attached hydrogens (tertiary/aromatic N) is 3. The first-order valence-electron chi connectivity index (χ1n) is 8.66. The van der Waals surface area contributed by atoms with E-state index >= 15 is 0 Å². The summed E-state index contributed by atoms with van der Waals surface area (Å²) in [6.07, 6.45) is 3.07. The Balaban J connectivity index is 1.84. The summed E-state index contributed by atoms with van der Waals surface area (Å²) in [5.41, 5.74) is 2.67. The quantitative estimate of drug-likeness (QED) is 0.585. The second kappa shape index (κ2) is 7.53. The number of benzene rings is 2. The van der Waals surface area contributed by atoms with Gasteiger partial charge in [0, 0.05) is 15.7 Å². The molecule has 8 nitrogen and oxygen atoms in total. The highest BCUT2D eigenvalue weighted by Gasteiger charge is 2.27. The van der Waals surface area contributed by atoms with Gasteiger partial charge in [0.25, 0.3) is 5.95 Å². The molecule has 0 aliphatic carbocycles. The van der Waals surface area contributed by atoms with Gasteiger partial charge in [0.1, 0.15) is 11.8 Å². The van der Waals surface area contributed by atoms with Crippen molar-refractivity contribution in [3.05, 3.63) is 70.2 Å². The lowest BCUT2D eigenvalue weighted by molar-refractivity contribution is 0.404. The minimum absolute atomic E-state index is 0.000328. The number of hydrogen-bond acceptors (Lipinski definition) is 6. The van der Waals surface area contributed by atoms with Crippen molar-refractivity contribution in [3.63, 3.8) is 0 Å². The minimum Gasteiger partial charge on any atom is -0.496 e. The molecule has 0 amide bonds. The first-order valence-corrected chi connectivity index (χ1v) is 11.3. The van der Waals surface area contributed by atoms with Gasteiger partial charge in [-0.05, 0) is 29.8 Å². The van der Waals surface area contributed by atoms with Crippen molar-refractivity contribution in [1.82, 2.24) is 14.8 Å². The Bertz CT molecular complexity index is 1190. The molecule has 3 aromatic rings. The van der Waals surface area contributed by atoms with Crippen LogP contribution in [-0.4, -0.2) is 36.5 Å². The second-order valence-electron chi connectivity index (χ2n) is 6.48. The number of aromatic nitrogens is 3. The zero-order valence-electron chi connectivity index (χ0n) is 15.6. The zero-order chi connectivity index (χ0) is 20.6. The fraction of sp³-hybridized carbons (Fsp3) is 0.158. The van der Waals surface area contributed by atoms with Gasteiger partial charge in [-0.25, -0.2) is 13.1 Å². The van der Waals surface area contributed by atoms with Crippen LogP contribution in [0.1, 0.15) is 17.2 Å². The van der Waals surface area contributed by atoms with E-state index in [0.29, 0.717) is 11.7 Å². The summed E-state index contributed by atoms with van der Waals surface area (Å²) in [5.74, 6) is 1.12. The topological polar surface area (TPSA) is 98.1 Å². The van der Waals surface area contributed by atoms with E-state index in [0.717, 1.165) is 27.6 Å². The van der Waals surface area contributed by atoms with Crippen molar-refractivity contribution in [2.24, 2.45) is 0 Å². The predicted octanol–water partition coefficient (Wildman–Crippen LogP) is 3.48. The van der Waals surface area contributed by atoms with Gasteiger partial charge in [0.05, 0.1) is 13.4 Å². The Hall–Kier alpha value is -2.85. The van der Waals surface area contributed by atoms with Gasteiger partial charge in [-0.2, -0.15) is 4.98 Å². The van der Waals surface area contributed by atoms with Crippen molar-refractivity contribution < 1.29 is 13.2 Å². The molecule has 0 radical (unpaired) electrons. The SMILES string of the molecule is COc1ccccc1[C@@H]1C=C(c2ccc(Br)cc2)Nc2nc(NS(C)(=O)=O)nn21. The largest absolute Gasteiger partial charge is 0.496 e. The number of rotatable bonds is 5. The lowest BCUT2D eigenvalue weighted by Gasteiger charge is -2.25. The van der Waals surface area contributed by atoms with E-state index in [9.17, 15) is 8.42 Å². The molecule has 1 aliphatic heterocycles. The minimum atomic E-state index is -3.51. The third-order valence-electron chi connectivity index (χ3n) is 4.36.